The van der Waals surface area contributed by atoms with Gasteiger partial charge in [-0.3, -0.25) is 0 Å². The summed E-state index contributed by atoms with van der Waals surface area (Å²) < 4.78 is 26.6. The standard InChI is InChI=1S/C15H30N2O2S/c1-2-3-14-6-11-17(12-7-14)20(18,19)13-8-15-4-9-16-10-5-15/h14-16H,2-13H2,1H3. The molecule has 0 aromatic heterocycles. The zero-order chi connectivity index (χ0) is 14.4. The van der Waals surface area contributed by atoms with Crippen LogP contribution >= 0.6 is 0 Å². The minimum atomic E-state index is -3.01. The van der Waals surface area contributed by atoms with Gasteiger partial charge in [0, 0.05) is 13.1 Å². The number of rotatable bonds is 6. The van der Waals surface area contributed by atoms with Gasteiger partial charge in [-0.05, 0) is 57.0 Å². The molecule has 0 bridgehead atoms. The Hall–Kier alpha value is -0.130. The van der Waals surface area contributed by atoms with E-state index in [4.69, 9.17) is 0 Å². The summed E-state index contributed by atoms with van der Waals surface area (Å²) in [6, 6.07) is 0. The highest BCUT2D eigenvalue weighted by molar-refractivity contribution is 7.89. The van der Waals surface area contributed by atoms with Crippen LogP contribution < -0.4 is 5.32 Å². The Labute approximate surface area is 124 Å². The third-order valence-corrected chi connectivity index (χ3v) is 6.81. The summed E-state index contributed by atoms with van der Waals surface area (Å²) in [5.41, 5.74) is 0. The SMILES string of the molecule is CCCC1CCN(S(=O)(=O)CCC2CCNCC2)CC1. The molecule has 0 aromatic carbocycles. The van der Waals surface area contributed by atoms with Crippen molar-refractivity contribution in [2.75, 3.05) is 31.9 Å². The lowest BCUT2D eigenvalue weighted by atomic mass is 9.94. The predicted molar refractivity (Wildman–Crippen MR) is 83.2 cm³/mol. The van der Waals surface area contributed by atoms with E-state index in [0.717, 1.165) is 64.2 Å². The minimum Gasteiger partial charge on any atom is -0.317 e. The van der Waals surface area contributed by atoms with E-state index in [0.29, 0.717) is 11.7 Å². The van der Waals surface area contributed by atoms with Crippen LogP contribution in [0, 0.1) is 11.8 Å². The molecule has 0 aliphatic carbocycles. The molecule has 2 aliphatic rings. The molecule has 0 amide bonds. The van der Waals surface area contributed by atoms with Gasteiger partial charge in [0.15, 0.2) is 0 Å². The van der Waals surface area contributed by atoms with Crippen LogP contribution in [0.4, 0.5) is 0 Å². The van der Waals surface area contributed by atoms with E-state index in [2.05, 4.69) is 12.2 Å². The normalized spacial score (nSPS) is 24.1. The average Bonchev–Trinajstić information content (AvgIpc) is 2.47. The molecule has 0 unspecified atom stereocenters. The Morgan fingerprint density at radius 1 is 1.00 bits per heavy atom. The molecule has 2 saturated heterocycles. The Kier molecular flexibility index (Phi) is 6.30. The Morgan fingerprint density at radius 3 is 2.20 bits per heavy atom. The molecule has 0 atom stereocenters. The topological polar surface area (TPSA) is 49.4 Å². The maximum absolute atomic E-state index is 12.4. The lowest BCUT2D eigenvalue weighted by molar-refractivity contribution is 0.261. The highest BCUT2D eigenvalue weighted by atomic mass is 32.2. The quantitative estimate of drug-likeness (QED) is 0.818. The van der Waals surface area contributed by atoms with Gasteiger partial charge in [-0.2, -0.15) is 0 Å². The molecule has 1 N–H and O–H groups in total. The predicted octanol–water partition coefficient (Wildman–Crippen LogP) is 2.22. The molecule has 0 spiro atoms. The van der Waals surface area contributed by atoms with Crippen molar-refractivity contribution in [3.05, 3.63) is 0 Å². The largest absolute Gasteiger partial charge is 0.317 e. The van der Waals surface area contributed by atoms with E-state index in [1.807, 2.05) is 0 Å². The van der Waals surface area contributed by atoms with E-state index in [-0.39, 0.29) is 0 Å². The van der Waals surface area contributed by atoms with Gasteiger partial charge in [-0.25, -0.2) is 12.7 Å². The molecule has 4 nitrogen and oxygen atoms in total. The summed E-state index contributed by atoms with van der Waals surface area (Å²) in [4.78, 5) is 0. The van der Waals surface area contributed by atoms with E-state index in [9.17, 15) is 8.42 Å². The van der Waals surface area contributed by atoms with E-state index in [1.165, 1.54) is 12.8 Å². The molecule has 20 heavy (non-hydrogen) atoms. The summed E-state index contributed by atoms with van der Waals surface area (Å²) in [6.45, 7) is 5.81. The molecular weight excluding hydrogens is 272 g/mol. The molecule has 5 heteroatoms. The maximum Gasteiger partial charge on any atom is 0.214 e. The monoisotopic (exact) mass is 302 g/mol. The Bertz CT molecular complexity index is 369. The van der Waals surface area contributed by atoms with Crippen molar-refractivity contribution >= 4 is 10.0 Å². The molecular formula is C15H30N2O2S. The summed E-state index contributed by atoms with van der Waals surface area (Å²) in [7, 11) is -3.01. The molecule has 118 valence electrons. The number of hydrogen-bond donors (Lipinski definition) is 1. The number of piperidine rings is 2. The summed E-state index contributed by atoms with van der Waals surface area (Å²) in [5, 5.41) is 3.33. The summed E-state index contributed by atoms with van der Waals surface area (Å²) in [5.74, 6) is 1.70. The Balaban J connectivity index is 1.75. The van der Waals surface area contributed by atoms with Gasteiger partial charge in [0.25, 0.3) is 0 Å². The molecule has 2 heterocycles. The zero-order valence-electron chi connectivity index (χ0n) is 12.8. The smallest absolute Gasteiger partial charge is 0.214 e. The van der Waals surface area contributed by atoms with Crippen LogP contribution in [0.15, 0.2) is 0 Å². The zero-order valence-corrected chi connectivity index (χ0v) is 13.6. The number of hydrogen-bond acceptors (Lipinski definition) is 3. The summed E-state index contributed by atoms with van der Waals surface area (Å²) in [6.07, 6.45) is 7.69. The second-order valence-electron chi connectivity index (χ2n) is 6.43. The van der Waals surface area contributed by atoms with Crippen molar-refractivity contribution < 1.29 is 8.42 Å². The van der Waals surface area contributed by atoms with Crippen molar-refractivity contribution in [3.8, 4) is 0 Å². The molecule has 2 rings (SSSR count). The van der Waals surface area contributed by atoms with E-state index >= 15 is 0 Å². The van der Waals surface area contributed by atoms with Gasteiger partial charge in [0.05, 0.1) is 5.75 Å². The van der Waals surface area contributed by atoms with Crippen molar-refractivity contribution in [1.29, 1.82) is 0 Å². The molecule has 0 radical (unpaired) electrons. The highest BCUT2D eigenvalue weighted by Crippen LogP contribution is 2.25. The first-order valence-electron chi connectivity index (χ1n) is 8.30. The van der Waals surface area contributed by atoms with Crippen LogP contribution in [-0.4, -0.2) is 44.7 Å². The van der Waals surface area contributed by atoms with Crippen LogP contribution in [0.3, 0.4) is 0 Å². The lowest BCUT2D eigenvalue weighted by Gasteiger charge is -2.31. The third kappa shape index (κ3) is 4.71. The Morgan fingerprint density at radius 2 is 1.60 bits per heavy atom. The van der Waals surface area contributed by atoms with E-state index in [1.54, 1.807) is 4.31 Å². The van der Waals surface area contributed by atoms with Crippen molar-refractivity contribution in [1.82, 2.24) is 9.62 Å². The fraction of sp³-hybridized carbons (Fsp3) is 1.00. The van der Waals surface area contributed by atoms with Crippen molar-refractivity contribution in [2.45, 2.75) is 51.9 Å². The molecule has 0 saturated carbocycles. The highest BCUT2D eigenvalue weighted by Gasteiger charge is 2.28. The van der Waals surface area contributed by atoms with Crippen LogP contribution in [0.1, 0.15) is 51.9 Å². The maximum atomic E-state index is 12.4. The van der Waals surface area contributed by atoms with Gasteiger partial charge in [-0.1, -0.05) is 19.8 Å². The third-order valence-electron chi connectivity index (χ3n) is 4.91. The first kappa shape index (κ1) is 16.2. The van der Waals surface area contributed by atoms with Gasteiger partial charge in [0.1, 0.15) is 0 Å². The second kappa shape index (κ2) is 7.76. The number of sulfonamides is 1. The first-order chi connectivity index (χ1) is 9.62. The van der Waals surface area contributed by atoms with E-state index < -0.39 is 10.0 Å². The van der Waals surface area contributed by atoms with Gasteiger partial charge in [-0.15, -0.1) is 0 Å². The average molecular weight is 302 g/mol. The first-order valence-corrected chi connectivity index (χ1v) is 9.91. The van der Waals surface area contributed by atoms with Gasteiger partial charge < -0.3 is 5.32 Å². The number of nitrogens with one attached hydrogen (secondary N) is 1. The van der Waals surface area contributed by atoms with Crippen LogP contribution in [-0.2, 0) is 10.0 Å². The van der Waals surface area contributed by atoms with Crippen LogP contribution in [0.25, 0.3) is 0 Å². The number of nitrogens with zero attached hydrogens (tertiary/aromatic N) is 1. The molecule has 2 fully saturated rings. The fourth-order valence-corrected chi connectivity index (χ4v) is 5.16. The fourth-order valence-electron chi connectivity index (χ4n) is 3.50. The van der Waals surface area contributed by atoms with Gasteiger partial charge >= 0.3 is 0 Å². The van der Waals surface area contributed by atoms with Crippen LogP contribution in [0.5, 0.6) is 0 Å². The van der Waals surface area contributed by atoms with Crippen molar-refractivity contribution in [2.24, 2.45) is 11.8 Å². The van der Waals surface area contributed by atoms with Gasteiger partial charge in [0.2, 0.25) is 10.0 Å². The van der Waals surface area contributed by atoms with Crippen molar-refractivity contribution in [3.63, 3.8) is 0 Å². The lowest BCUT2D eigenvalue weighted by Crippen LogP contribution is -2.40. The summed E-state index contributed by atoms with van der Waals surface area (Å²) >= 11 is 0. The molecule has 2 aliphatic heterocycles. The van der Waals surface area contributed by atoms with Crippen LogP contribution in [0.2, 0.25) is 0 Å². The minimum absolute atomic E-state index is 0.357. The second-order valence-corrected chi connectivity index (χ2v) is 8.52. The molecule has 0 aromatic rings.